The molecule has 0 fully saturated rings. The zero-order valence-corrected chi connectivity index (χ0v) is 16.3. The van der Waals surface area contributed by atoms with Gasteiger partial charge in [-0.1, -0.05) is 12.1 Å². The predicted molar refractivity (Wildman–Crippen MR) is 100 cm³/mol. The van der Waals surface area contributed by atoms with Gasteiger partial charge in [-0.3, -0.25) is 4.72 Å². The highest BCUT2D eigenvalue weighted by atomic mass is 32.2. The van der Waals surface area contributed by atoms with E-state index in [2.05, 4.69) is 9.46 Å². The van der Waals surface area contributed by atoms with E-state index in [-0.39, 0.29) is 28.3 Å². The summed E-state index contributed by atoms with van der Waals surface area (Å²) in [5, 5.41) is 0. The Morgan fingerprint density at radius 2 is 1.67 bits per heavy atom. The zero-order valence-electron chi connectivity index (χ0n) is 15.5. The third kappa shape index (κ3) is 4.65. The molecular formula is C19H21NO6S. The topological polar surface area (TPSA) is 98.8 Å². The summed E-state index contributed by atoms with van der Waals surface area (Å²) in [5.41, 5.74) is 1.88. The third-order valence-corrected chi connectivity index (χ3v) is 5.28. The van der Waals surface area contributed by atoms with Crippen molar-refractivity contribution in [3.63, 3.8) is 0 Å². The van der Waals surface area contributed by atoms with Crippen molar-refractivity contribution >= 4 is 27.6 Å². The van der Waals surface area contributed by atoms with Crippen molar-refractivity contribution in [1.29, 1.82) is 0 Å². The molecule has 0 aromatic heterocycles. The first-order chi connectivity index (χ1) is 12.7. The van der Waals surface area contributed by atoms with Crippen molar-refractivity contribution in [3.8, 4) is 0 Å². The van der Waals surface area contributed by atoms with Crippen LogP contribution in [0.2, 0.25) is 0 Å². The summed E-state index contributed by atoms with van der Waals surface area (Å²) in [6.45, 7) is 5.30. The molecule has 8 heteroatoms. The Kier molecular flexibility index (Phi) is 6.22. The van der Waals surface area contributed by atoms with E-state index in [1.165, 1.54) is 31.4 Å². The molecule has 2 aromatic carbocycles. The molecular weight excluding hydrogens is 370 g/mol. The number of esters is 2. The zero-order chi connectivity index (χ0) is 20.2. The van der Waals surface area contributed by atoms with Crippen molar-refractivity contribution < 1.29 is 27.5 Å². The van der Waals surface area contributed by atoms with Gasteiger partial charge in [0.25, 0.3) is 10.0 Å². The van der Waals surface area contributed by atoms with E-state index in [0.29, 0.717) is 11.1 Å². The second-order valence-electron chi connectivity index (χ2n) is 5.82. The molecule has 0 aliphatic rings. The molecule has 0 spiro atoms. The van der Waals surface area contributed by atoms with Crippen molar-refractivity contribution in [2.75, 3.05) is 18.4 Å². The normalized spacial score (nSPS) is 11.0. The fourth-order valence-electron chi connectivity index (χ4n) is 2.38. The van der Waals surface area contributed by atoms with Gasteiger partial charge < -0.3 is 9.47 Å². The van der Waals surface area contributed by atoms with E-state index < -0.39 is 22.0 Å². The Balaban J connectivity index is 2.41. The number of hydrogen-bond acceptors (Lipinski definition) is 6. The van der Waals surface area contributed by atoms with Crippen LogP contribution >= 0.6 is 0 Å². The van der Waals surface area contributed by atoms with Crippen LogP contribution in [0.1, 0.15) is 38.8 Å². The maximum Gasteiger partial charge on any atom is 0.338 e. The second-order valence-corrected chi connectivity index (χ2v) is 7.51. The number of anilines is 1. The van der Waals surface area contributed by atoms with Gasteiger partial charge in [0.05, 0.1) is 35.4 Å². The van der Waals surface area contributed by atoms with Crippen molar-refractivity contribution in [1.82, 2.24) is 0 Å². The first-order valence-electron chi connectivity index (χ1n) is 8.19. The second kappa shape index (κ2) is 8.22. The molecule has 0 aliphatic carbocycles. The standard InChI is InChI=1S/C19H21NO6S/c1-5-26-18(21)14-8-6-13(3)17(10-14)20-27(23,24)15-9-7-12(2)16(11-15)19(22)25-4/h6-11,20H,5H2,1-4H3. The fraction of sp³-hybridized carbons (Fsp3) is 0.263. The highest BCUT2D eigenvalue weighted by Crippen LogP contribution is 2.23. The van der Waals surface area contributed by atoms with Crippen LogP contribution in [0.3, 0.4) is 0 Å². The lowest BCUT2D eigenvalue weighted by Crippen LogP contribution is -2.16. The Labute approximate surface area is 158 Å². The van der Waals surface area contributed by atoms with Crippen LogP contribution in [0.15, 0.2) is 41.3 Å². The lowest BCUT2D eigenvalue weighted by Gasteiger charge is -2.13. The Morgan fingerprint density at radius 3 is 2.30 bits per heavy atom. The largest absolute Gasteiger partial charge is 0.465 e. The molecule has 0 radical (unpaired) electrons. The highest BCUT2D eigenvalue weighted by Gasteiger charge is 2.20. The molecule has 0 aliphatic heterocycles. The molecule has 0 unspecified atom stereocenters. The van der Waals surface area contributed by atoms with Crippen LogP contribution in [0, 0.1) is 13.8 Å². The predicted octanol–water partition coefficient (Wildman–Crippen LogP) is 3.07. The van der Waals surface area contributed by atoms with Crippen LogP contribution in [0.4, 0.5) is 5.69 Å². The Morgan fingerprint density at radius 1 is 1.00 bits per heavy atom. The first kappa shape index (κ1) is 20.4. The van der Waals surface area contributed by atoms with Gasteiger partial charge in [-0.05, 0) is 56.2 Å². The van der Waals surface area contributed by atoms with Gasteiger partial charge in [0, 0.05) is 0 Å². The molecule has 0 saturated heterocycles. The quantitative estimate of drug-likeness (QED) is 0.760. The maximum atomic E-state index is 12.8. The first-order valence-corrected chi connectivity index (χ1v) is 9.67. The Hall–Kier alpha value is -2.87. The summed E-state index contributed by atoms with van der Waals surface area (Å²) in [5.74, 6) is -1.16. The van der Waals surface area contributed by atoms with Crippen molar-refractivity contribution in [2.24, 2.45) is 0 Å². The van der Waals surface area contributed by atoms with E-state index in [0.717, 1.165) is 0 Å². The minimum Gasteiger partial charge on any atom is -0.465 e. The van der Waals surface area contributed by atoms with Crippen LogP contribution in [0.5, 0.6) is 0 Å². The summed E-state index contributed by atoms with van der Waals surface area (Å²) in [6.07, 6.45) is 0. The van der Waals surface area contributed by atoms with Crippen molar-refractivity contribution in [3.05, 3.63) is 58.7 Å². The van der Waals surface area contributed by atoms with Crippen LogP contribution in [-0.2, 0) is 19.5 Å². The van der Waals surface area contributed by atoms with Gasteiger partial charge in [-0.25, -0.2) is 18.0 Å². The molecule has 144 valence electrons. The molecule has 27 heavy (non-hydrogen) atoms. The SMILES string of the molecule is CCOC(=O)c1ccc(C)c(NS(=O)(=O)c2ccc(C)c(C(=O)OC)c2)c1. The van der Waals surface area contributed by atoms with Gasteiger partial charge in [0.2, 0.25) is 0 Å². The van der Waals surface area contributed by atoms with E-state index in [1.807, 2.05) is 0 Å². The van der Waals surface area contributed by atoms with Crippen LogP contribution < -0.4 is 4.72 Å². The lowest BCUT2D eigenvalue weighted by atomic mass is 10.1. The molecule has 2 aromatic rings. The van der Waals surface area contributed by atoms with Crippen LogP contribution in [-0.4, -0.2) is 34.1 Å². The summed E-state index contributed by atoms with van der Waals surface area (Å²) in [7, 11) is -2.75. The molecule has 0 bridgehead atoms. The minimum absolute atomic E-state index is 0.0885. The van der Waals surface area contributed by atoms with Crippen LogP contribution in [0.25, 0.3) is 0 Å². The van der Waals surface area contributed by atoms with Gasteiger partial charge >= 0.3 is 11.9 Å². The van der Waals surface area contributed by atoms with E-state index in [1.54, 1.807) is 32.9 Å². The number of nitrogens with one attached hydrogen (secondary N) is 1. The number of ether oxygens (including phenoxy) is 2. The smallest absolute Gasteiger partial charge is 0.338 e. The number of carbonyl (C=O) groups excluding carboxylic acids is 2. The summed E-state index contributed by atoms with van der Waals surface area (Å²) in [6, 6.07) is 8.79. The number of sulfonamides is 1. The summed E-state index contributed by atoms with van der Waals surface area (Å²) >= 11 is 0. The van der Waals surface area contributed by atoms with E-state index in [9.17, 15) is 18.0 Å². The number of hydrogen-bond donors (Lipinski definition) is 1. The van der Waals surface area contributed by atoms with Crippen molar-refractivity contribution in [2.45, 2.75) is 25.7 Å². The highest BCUT2D eigenvalue weighted by molar-refractivity contribution is 7.92. The monoisotopic (exact) mass is 391 g/mol. The molecule has 7 nitrogen and oxygen atoms in total. The summed E-state index contributed by atoms with van der Waals surface area (Å²) in [4.78, 5) is 23.6. The van der Waals surface area contributed by atoms with Gasteiger partial charge in [0.1, 0.15) is 0 Å². The number of aryl methyl sites for hydroxylation is 2. The maximum absolute atomic E-state index is 12.8. The molecule has 0 amide bonds. The average Bonchev–Trinajstić information content (AvgIpc) is 2.63. The molecule has 2 rings (SSSR count). The number of carbonyl (C=O) groups is 2. The van der Waals surface area contributed by atoms with Gasteiger partial charge in [0.15, 0.2) is 0 Å². The van der Waals surface area contributed by atoms with Gasteiger partial charge in [-0.2, -0.15) is 0 Å². The molecule has 0 heterocycles. The van der Waals surface area contributed by atoms with Gasteiger partial charge in [-0.15, -0.1) is 0 Å². The minimum atomic E-state index is -3.98. The summed E-state index contributed by atoms with van der Waals surface area (Å²) < 4.78 is 37.6. The lowest BCUT2D eigenvalue weighted by molar-refractivity contribution is 0.0525. The average molecular weight is 391 g/mol. The molecule has 0 saturated carbocycles. The number of methoxy groups -OCH3 is 1. The molecule has 0 atom stereocenters. The number of rotatable bonds is 6. The molecule has 1 N–H and O–H groups in total. The van der Waals surface area contributed by atoms with E-state index in [4.69, 9.17) is 4.74 Å². The number of benzene rings is 2. The third-order valence-electron chi connectivity index (χ3n) is 3.92. The van der Waals surface area contributed by atoms with E-state index >= 15 is 0 Å². The Bertz CT molecular complexity index is 982. The fourth-order valence-corrected chi connectivity index (χ4v) is 3.52.